The first-order chi connectivity index (χ1) is 8.50. The van der Waals surface area contributed by atoms with Gasteiger partial charge in [-0.2, -0.15) is 0 Å². The highest BCUT2D eigenvalue weighted by molar-refractivity contribution is 5.74. The Morgan fingerprint density at radius 2 is 2.22 bits per heavy atom. The Morgan fingerprint density at radius 3 is 2.72 bits per heavy atom. The van der Waals surface area contributed by atoms with E-state index in [9.17, 15) is 14.3 Å². The molecule has 1 atom stereocenters. The van der Waals surface area contributed by atoms with Crippen LogP contribution in [-0.4, -0.2) is 25.7 Å². The van der Waals surface area contributed by atoms with Crippen LogP contribution in [0.4, 0.5) is 4.39 Å². The number of benzene rings is 1. The second-order valence-electron chi connectivity index (χ2n) is 3.80. The molecule has 0 bridgehead atoms. The fourth-order valence-electron chi connectivity index (χ4n) is 1.66. The van der Waals surface area contributed by atoms with Crippen LogP contribution < -0.4 is 0 Å². The highest BCUT2D eigenvalue weighted by atomic mass is 19.1. The molecule has 0 saturated carbocycles. The lowest BCUT2D eigenvalue weighted by Gasteiger charge is -2.10. The summed E-state index contributed by atoms with van der Waals surface area (Å²) in [6.07, 6.45) is 1.41. The molecule has 2 aromatic rings. The molecule has 2 rings (SSSR count). The SMILES string of the molecule is Cc1nccn1-c1ccc(C(O)C(=O)O)cc1F. The standard InChI is InChI=1S/C12H11FN2O3/c1-7-14-4-5-15(7)10-3-2-8(6-9(10)13)11(16)12(17)18/h2-6,11,16H,1H3,(H,17,18). The number of aliphatic hydroxyl groups excluding tert-OH is 1. The number of imidazole rings is 1. The molecule has 0 amide bonds. The maximum absolute atomic E-state index is 13.9. The molecule has 0 aliphatic carbocycles. The van der Waals surface area contributed by atoms with Crippen molar-refractivity contribution in [2.75, 3.05) is 0 Å². The topological polar surface area (TPSA) is 75.3 Å². The highest BCUT2D eigenvalue weighted by Gasteiger charge is 2.18. The van der Waals surface area contributed by atoms with E-state index in [1.807, 2.05) is 0 Å². The van der Waals surface area contributed by atoms with E-state index in [2.05, 4.69) is 4.98 Å². The molecule has 1 heterocycles. The van der Waals surface area contributed by atoms with Crippen LogP contribution in [0.3, 0.4) is 0 Å². The first-order valence-corrected chi connectivity index (χ1v) is 5.21. The number of rotatable bonds is 3. The molecule has 0 saturated heterocycles. The molecule has 0 aliphatic rings. The molecule has 0 radical (unpaired) electrons. The molecule has 18 heavy (non-hydrogen) atoms. The van der Waals surface area contributed by atoms with Crippen molar-refractivity contribution in [2.24, 2.45) is 0 Å². The van der Waals surface area contributed by atoms with Gasteiger partial charge in [0.2, 0.25) is 0 Å². The number of carboxylic acids is 1. The fraction of sp³-hybridized carbons (Fsp3) is 0.167. The molecule has 1 aromatic heterocycles. The number of carboxylic acid groups (broad SMARTS) is 1. The summed E-state index contributed by atoms with van der Waals surface area (Å²) in [6.45, 7) is 1.72. The molecule has 2 N–H and O–H groups in total. The van der Waals surface area contributed by atoms with Crippen LogP contribution in [0.15, 0.2) is 30.6 Å². The van der Waals surface area contributed by atoms with Gasteiger partial charge in [0.15, 0.2) is 6.10 Å². The van der Waals surface area contributed by atoms with Gasteiger partial charge in [-0.25, -0.2) is 14.2 Å². The fourth-order valence-corrected chi connectivity index (χ4v) is 1.66. The number of aryl methyl sites for hydroxylation is 1. The molecule has 6 heteroatoms. The van der Waals surface area contributed by atoms with Gasteiger partial charge in [0.05, 0.1) is 5.69 Å². The van der Waals surface area contributed by atoms with E-state index < -0.39 is 17.9 Å². The van der Waals surface area contributed by atoms with Crippen molar-refractivity contribution in [2.45, 2.75) is 13.0 Å². The van der Waals surface area contributed by atoms with E-state index in [1.54, 1.807) is 13.1 Å². The molecule has 1 unspecified atom stereocenters. The zero-order valence-electron chi connectivity index (χ0n) is 9.54. The van der Waals surface area contributed by atoms with Gasteiger partial charge in [-0.3, -0.25) is 0 Å². The number of aliphatic hydroxyl groups is 1. The minimum absolute atomic E-state index is 0.00141. The van der Waals surface area contributed by atoms with E-state index in [0.717, 1.165) is 6.07 Å². The van der Waals surface area contributed by atoms with Crippen LogP contribution in [0.2, 0.25) is 0 Å². The van der Waals surface area contributed by atoms with Gasteiger partial charge < -0.3 is 14.8 Å². The van der Waals surface area contributed by atoms with Crippen LogP contribution in [0.25, 0.3) is 5.69 Å². The summed E-state index contributed by atoms with van der Waals surface area (Å²) in [4.78, 5) is 14.6. The second kappa shape index (κ2) is 4.58. The first kappa shape index (κ1) is 12.3. The quantitative estimate of drug-likeness (QED) is 0.864. The van der Waals surface area contributed by atoms with Crippen molar-refractivity contribution < 1.29 is 19.4 Å². The molecular weight excluding hydrogens is 239 g/mol. The number of hydrogen-bond acceptors (Lipinski definition) is 3. The Bertz CT molecular complexity index is 595. The Hall–Kier alpha value is -2.21. The van der Waals surface area contributed by atoms with E-state index in [0.29, 0.717) is 5.82 Å². The smallest absolute Gasteiger partial charge is 0.337 e. The number of carbonyl (C=O) groups is 1. The molecule has 0 aliphatic heterocycles. The van der Waals surface area contributed by atoms with Gasteiger partial charge in [0.1, 0.15) is 11.6 Å². The van der Waals surface area contributed by atoms with Gasteiger partial charge in [-0.1, -0.05) is 6.07 Å². The lowest BCUT2D eigenvalue weighted by molar-refractivity contribution is -0.146. The first-order valence-electron chi connectivity index (χ1n) is 5.21. The normalized spacial score (nSPS) is 12.4. The Kier molecular flexibility index (Phi) is 3.12. The third-order valence-corrected chi connectivity index (χ3v) is 2.61. The maximum Gasteiger partial charge on any atom is 0.337 e. The lowest BCUT2D eigenvalue weighted by atomic mass is 10.1. The van der Waals surface area contributed by atoms with Crippen LogP contribution in [0, 0.1) is 12.7 Å². The Balaban J connectivity index is 2.43. The van der Waals surface area contributed by atoms with Gasteiger partial charge in [0, 0.05) is 12.4 Å². The molecule has 0 fully saturated rings. The van der Waals surface area contributed by atoms with Crippen molar-refractivity contribution in [3.63, 3.8) is 0 Å². The van der Waals surface area contributed by atoms with E-state index in [-0.39, 0.29) is 11.3 Å². The third kappa shape index (κ3) is 2.10. The summed E-state index contributed by atoms with van der Waals surface area (Å²) >= 11 is 0. The number of nitrogens with zero attached hydrogens (tertiary/aromatic N) is 2. The second-order valence-corrected chi connectivity index (χ2v) is 3.80. The zero-order valence-corrected chi connectivity index (χ0v) is 9.54. The summed E-state index contributed by atoms with van der Waals surface area (Å²) in [5, 5.41) is 17.9. The number of hydrogen-bond donors (Lipinski definition) is 2. The zero-order chi connectivity index (χ0) is 13.3. The predicted octanol–water partition coefficient (Wildman–Crippen LogP) is 1.44. The van der Waals surface area contributed by atoms with Crippen LogP contribution >= 0.6 is 0 Å². The molecule has 94 valence electrons. The Labute approximate surface area is 102 Å². The van der Waals surface area contributed by atoms with Crippen LogP contribution in [0.1, 0.15) is 17.5 Å². The van der Waals surface area contributed by atoms with Gasteiger partial charge in [-0.05, 0) is 24.6 Å². The summed E-state index contributed by atoms with van der Waals surface area (Å²) in [7, 11) is 0. The Morgan fingerprint density at radius 1 is 1.50 bits per heavy atom. The summed E-state index contributed by atoms with van der Waals surface area (Å²) in [6, 6.07) is 3.79. The van der Waals surface area contributed by atoms with Gasteiger partial charge >= 0.3 is 5.97 Å². The number of halogens is 1. The van der Waals surface area contributed by atoms with Crippen molar-refractivity contribution >= 4 is 5.97 Å². The van der Waals surface area contributed by atoms with Crippen LogP contribution in [0.5, 0.6) is 0 Å². The molecule has 5 nitrogen and oxygen atoms in total. The summed E-state index contributed by atoms with van der Waals surface area (Å²) < 4.78 is 15.4. The van der Waals surface area contributed by atoms with E-state index in [1.165, 1.54) is 22.9 Å². The molecule has 0 spiro atoms. The highest BCUT2D eigenvalue weighted by Crippen LogP contribution is 2.20. The number of aromatic nitrogens is 2. The largest absolute Gasteiger partial charge is 0.479 e. The summed E-state index contributed by atoms with van der Waals surface area (Å²) in [5.74, 6) is -1.42. The minimum Gasteiger partial charge on any atom is -0.479 e. The third-order valence-electron chi connectivity index (χ3n) is 2.61. The monoisotopic (exact) mass is 250 g/mol. The predicted molar refractivity (Wildman–Crippen MR) is 60.9 cm³/mol. The number of aliphatic carboxylic acids is 1. The van der Waals surface area contributed by atoms with Crippen molar-refractivity contribution in [3.8, 4) is 5.69 Å². The average Bonchev–Trinajstić information content (AvgIpc) is 2.74. The minimum atomic E-state index is -1.72. The van der Waals surface area contributed by atoms with Crippen molar-refractivity contribution in [3.05, 3.63) is 47.8 Å². The van der Waals surface area contributed by atoms with Gasteiger partial charge in [-0.15, -0.1) is 0 Å². The van der Waals surface area contributed by atoms with E-state index in [4.69, 9.17) is 5.11 Å². The van der Waals surface area contributed by atoms with Crippen molar-refractivity contribution in [1.29, 1.82) is 0 Å². The molecule has 1 aromatic carbocycles. The van der Waals surface area contributed by atoms with E-state index >= 15 is 0 Å². The van der Waals surface area contributed by atoms with Crippen LogP contribution in [-0.2, 0) is 4.79 Å². The lowest BCUT2D eigenvalue weighted by Crippen LogP contribution is -2.11. The summed E-state index contributed by atoms with van der Waals surface area (Å²) in [5.41, 5.74) is 0.257. The molecular formula is C12H11FN2O3. The maximum atomic E-state index is 13.9. The average molecular weight is 250 g/mol. The van der Waals surface area contributed by atoms with Gasteiger partial charge in [0.25, 0.3) is 0 Å². The van der Waals surface area contributed by atoms with Crippen molar-refractivity contribution in [1.82, 2.24) is 9.55 Å².